The molecular formula is C14H12BrClO3S. The summed E-state index contributed by atoms with van der Waals surface area (Å²) in [4.78, 5) is 13.2. The van der Waals surface area contributed by atoms with E-state index in [0.29, 0.717) is 15.6 Å². The summed E-state index contributed by atoms with van der Waals surface area (Å²) < 4.78 is 10.7. The lowest BCUT2D eigenvalue weighted by Gasteiger charge is -2.05. The summed E-state index contributed by atoms with van der Waals surface area (Å²) in [6, 6.07) is 5.55. The van der Waals surface area contributed by atoms with Gasteiger partial charge < -0.3 is 9.47 Å². The van der Waals surface area contributed by atoms with Gasteiger partial charge in [-0.3, -0.25) is 0 Å². The van der Waals surface area contributed by atoms with E-state index in [1.54, 1.807) is 7.11 Å². The van der Waals surface area contributed by atoms with Gasteiger partial charge in [0.1, 0.15) is 10.6 Å². The van der Waals surface area contributed by atoms with Crippen molar-refractivity contribution in [3.8, 4) is 16.2 Å². The van der Waals surface area contributed by atoms with Gasteiger partial charge in [-0.15, -0.1) is 11.3 Å². The first-order valence-electron chi connectivity index (χ1n) is 5.70. The Labute approximate surface area is 134 Å². The SMILES string of the molecule is COC(=O)c1sc(-c2ccc(OC)c(Cl)c2)c(C)c1Br. The van der Waals surface area contributed by atoms with Crippen LogP contribution in [0.15, 0.2) is 22.7 Å². The Bertz CT molecular complexity index is 667. The minimum absolute atomic E-state index is 0.351. The fourth-order valence-electron chi connectivity index (χ4n) is 1.80. The summed E-state index contributed by atoms with van der Waals surface area (Å²) in [5, 5.41) is 0.536. The number of benzene rings is 1. The van der Waals surface area contributed by atoms with Crippen molar-refractivity contribution in [2.45, 2.75) is 6.92 Å². The molecular weight excluding hydrogens is 364 g/mol. The Morgan fingerprint density at radius 1 is 1.35 bits per heavy atom. The average molecular weight is 376 g/mol. The number of esters is 1. The molecule has 0 aliphatic rings. The molecule has 0 fully saturated rings. The van der Waals surface area contributed by atoms with E-state index in [0.717, 1.165) is 20.5 Å². The monoisotopic (exact) mass is 374 g/mol. The van der Waals surface area contributed by atoms with Gasteiger partial charge in [0.2, 0.25) is 0 Å². The van der Waals surface area contributed by atoms with Crippen LogP contribution in [-0.4, -0.2) is 20.2 Å². The van der Waals surface area contributed by atoms with Crippen LogP contribution in [0.5, 0.6) is 5.75 Å². The Kier molecular flexibility index (Phi) is 4.73. The lowest BCUT2D eigenvalue weighted by Crippen LogP contribution is -1.98. The zero-order valence-electron chi connectivity index (χ0n) is 11.1. The molecule has 3 nitrogen and oxygen atoms in total. The van der Waals surface area contributed by atoms with Crippen molar-refractivity contribution in [1.82, 2.24) is 0 Å². The summed E-state index contributed by atoms with van der Waals surface area (Å²) >= 11 is 11.0. The van der Waals surface area contributed by atoms with E-state index in [9.17, 15) is 4.79 Å². The summed E-state index contributed by atoms with van der Waals surface area (Å²) in [6.07, 6.45) is 0. The first-order chi connectivity index (χ1) is 9.49. The largest absolute Gasteiger partial charge is 0.495 e. The van der Waals surface area contributed by atoms with Crippen molar-refractivity contribution in [2.24, 2.45) is 0 Å². The molecule has 106 valence electrons. The van der Waals surface area contributed by atoms with Crippen molar-refractivity contribution >= 4 is 44.8 Å². The lowest BCUT2D eigenvalue weighted by molar-refractivity contribution is 0.0605. The van der Waals surface area contributed by atoms with Crippen LogP contribution in [0.1, 0.15) is 15.2 Å². The van der Waals surface area contributed by atoms with Gasteiger partial charge in [-0.05, 0) is 52.2 Å². The second-order valence-corrected chi connectivity index (χ2v) is 6.26. The topological polar surface area (TPSA) is 35.5 Å². The molecule has 0 saturated heterocycles. The van der Waals surface area contributed by atoms with Gasteiger partial charge in [-0.1, -0.05) is 11.6 Å². The van der Waals surface area contributed by atoms with Crippen molar-refractivity contribution in [2.75, 3.05) is 14.2 Å². The molecule has 6 heteroatoms. The van der Waals surface area contributed by atoms with Gasteiger partial charge in [0, 0.05) is 9.35 Å². The van der Waals surface area contributed by atoms with Crippen LogP contribution < -0.4 is 4.74 Å². The van der Waals surface area contributed by atoms with E-state index >= 15 is 0 Å². The van der Waals surface area contributed by atoms with Crippen LogP contribution in [-0.2, 0) is 4.74 Å². The standard InChI is InChI=1S/C14H12BrClO3S/c1-7-11(15)13(14(17)19-3)20-12(7)8-4-5-10(18-2)9(16)6-8/h4-6H,1-3H3. The molecule has 20 heavy (non-hydrogen) atoms. The molecule has 0 spiro atoms. The minimum Gasteiger partial charge on any atom is -0.495 e. The van der Waals surface area contributed by atoms with Crippen LogP contribution in [0.3, 0.4) is 0 Å². The Morgan fingerprint density at radius 3 is 2.60 bits per heavy atom. The van der Waals surface area contributed by atoms with Gasteiger partial charge in [-0.25, -0.2) is 4.79 Å². The maximum atomic E-state index is 11.7. The summed E-state index contributed by atoms with van der Waals surface area (Å²) in [7, 11) is 2.94. The zero-order chi connectivity index (χ0) is 14.9. The highest BCUT2D eigenvalue weighted by Crippen LogP contribution is 2.41. The van der Waals surface area contributed by atoms with E-state index in [2.05, 4.69) is 15.9 Å². The van der Waals surface area contributed by atoms with E-state index < -0.39 is 0 Å². The second kappa shape index (κ2) is 6.16. The normalized spacial score (nSPS) is 10.4. The fraction of sp³-hybridized carbons (Fsp3) is 0.214. The van der Waals surface area contributed by atoms with Gasteiger partial charge in [0.05, 0.1) is 19.2 Å². The third kappa shape index (κ3) is 2.71. The number of hydrogen-bond donors (Lipinski definition) is 0. The van der Waals surface area contributed by atoms with E-state index in [-0.39, 0.29) is 5.97 Å². The highest BCUT2D eigenvalue weighted by Gasteiger charge is 2.20. The van der Waals surface area contributed by atoms with E-state index in [1.165, 1.54) is 18.4 Å². The third-order valence-corrected chi connectivity index (χ3v) is 5.73. The Morgan fingerprint density at radius 2 is 2.05 bits per heavy atom. The summed E-state index contributed by atoms with van der Waals surface area (Å²) in [5.41, 5.74) is 1.92. The van der Waals surface area contributed by atoms with Crippen molar-refractivity contribution in [1.29, 1.82) is 0 Å². The number of thiophene rings is 1. The number of rotatable bonds is 3. The maximum Gasteiger partial charge on any atom is 0.349 e. The molecule has 0 bridgehead atoms. The summed E-state index contributed by atoms with van der Waals surface area (Å²) in [6.45, 7) is 1.94. The third-order valence-electron chi connectivity index (χ3n) is 2.86. The Balaban J connectivity index is 2.53. The predicted octanol–water partition coefficient (Wildman–Crippen LogP) is 4.93. The highest BCUT2D eigenvalue weighted by molar-refractivity contribution is 9.10. The van der Waals surface area contributed by atoms with Gasteiger partial charge >= 0.3 is 5.97 Å². The summed E-state index contributed by atoms with van der Waals surface area (Å²) in [5.74, 6) is 0.271. The quantitative estimate of drug-likeness (QED) is 0.713. The van der Waals surface area contributed by atoms with Crippen molar-refractivity contribution < 1.29 is 14.3 Å². The lowest BCUT2D eigenvalue weighted by atomic mass is 10.1. The van der Waals surface area contributed by atoms with E-state index in [1.807, 2.05) is 25.1 Å². The van der Waals surface area contributed by atoms with Crippen LogP contribution in [0.25, 0.3) is 10.4 Å². The molecule has 1 aromatic heterocycles. The number of carbonyl (C=O) groups is 1. The maximum absolute atomic E-state index is 11.7. The molecule has 1 aromatic carbocycles. The van der Waals surface area contributed by atoms with Crippen LogP contribution in [0.2, 0.25) is 5.02 Å². The smallest absolute Gasteiger partial charge is 0.349 e. The highest BCUT2D eigenvalue weighted by atomic mass is 79.9. The van der Waals surface area contributed by atoms with Gasteiger partial charge in [0.15, 0.2) is 0 Å². The predicted molar refractivity (Wildman–Crippen MR) is 85.1 cm³/mol. The number of carbonyl (C=O) groups excluding carboxylic acids is 1. The number of ether oxygens (including phenoxy) is 2. The molecule has 0 unspecified atom stereocenters. The van der Waals surface area contributed by atoms with Gasteiger partial charge in [0.25, 0.3) is 0 Å². The van der Waals surface area contributed by atoms with E-state index in [4.69, 9.17) is 21.1 Å². The Hall–Kier alpha value is -1.04. The van der Waals surface area contributed by atoms with Gasteiger partial charge in [-0.2, -0.15) is 0 Å². The molecule has 0 amide bonds. The average Bonchev–Trinajstić information content (AvgIpc) is 2.74. The van der Waals surface area contributed by atoms with Crippen molar-refractivity contribution in [3.05, 3.63) is 38.1 Å². The molecule has 0 aliphatic heterocycles. The number of hydrogen-bond acceptors (Lipinski definition) is 4. The molecule has 0 saturated carbocycles. The zero-order valence-corrected chi connectivity index (χ0v) is 14.3. The van der Waals surface area contributed by atoms with Crippen LogP contribution in [0.4, 0.5) is 0 Å². The first-order valence-corrected chi connectivity index (χ1v) is 7.69. The molecule has 0 radical (unpaired) electrons. The first kappa shape index (κ1) is 15.4. The number of halogens is 2. The minimum atomic E-state index is -0.351. The van der Waals surface area contributed by atoms with Crippen LogP contribution in [0, 0.1) is 6.92 Å². The number of methoxy groups -OCH3 is 2. The molecule has 2 rings (SSSR count). The molecule has 0 atom stereocenters. The second-order valence-electron chi connectivity index (χ2n) is 4.04. The molecule has 0 N–H and O–H groups in total. The molecule has 0 aliphatic carbocycles. The fourth-order valence-corrected chi connectivity index (χ4v) is 3.91. The van der Waals surface area contributed by atoms with Crippen molar-refractivity contribution in [3.63, 3.8) is 0 Å². The molecule has 1 heterocycles. The molecule has 2 aromatic rings. The van der Waals surface area contributed by atoms with Crippen LogP contribution >= 0.6 is 38.9 Å².